The summed E-state index contributed by atoms with van der Waals surface area (Å²) in [5.41, 5.74) is 0.596. The Hall–Kier alpha value is -0.770. The lowest BCUT2D eigenvalue weighted by Gasteiger charge is -2.11. The van der Waals surface area contributed by atoms with Gasteiger partial charge in [-0.3, -0.25) is 0 Å². The molecule has 1 nitrogen and oxygen atoms in total. The molecular formula is C13H8BrCl2FO. The van der Waals surface area contributed by atoms with Crippen LogP contribution in [0.4, 0.5) is 4.39 Å². The molecule has 0 aliphatic heterocycles. The van der Waals surface area contributed by atoms with Gasteiger partial charge in [0.1, 0.15) is 17.3 Å². The zero-order valence-corrected chi connectivity index (χ0v) is 12.2. The Morgan fingerprint density at radius 1 is 1.11 bits per heavy atom. The summed E-state index contributed by atoms with van der Waals surface area (Å²) in [4.78, 5) is 0. The Balaban J connectivity index is 2.33. The van der Waals surface area contributed by atoms with Crippen molar-refractivity contribution in [3.05, 3.63) is 57.3 Å². The van der Waals surface area contributed by atoms with Gasteiger partial charge in [0.15, 0.2) is 0 Å². The van der Waals surface area contributed by atoms with Crippen molar-refractivity contribution in [3.63, 3.8) is 0 Å². The Morgan fingerprint density at radius 2 is 1.83 bits per heavy atom. The SMILES string of the molecule is Fc1ccc(Oc2ccc(Cl)cc2Br)c(CCl)c1. The lowest BCUT2D eigenvalue weighted by molar-refractivity contribution is 0.473. The maximum absolute atomic E-state index is 13.1. The maximum Gasteiger partial charge on any atom is 0.141 e. The molecule has 0 bridgehead atoms. The number of ether oxygens (including phenoxy) is 1. The van der Waals surface area contributed by atoms with Crippen LogP contribution in [-0.2, 0) is 5.88 Å². The summed E-state index contributed by atoms with van der Waals surface area (Å²) in [6.07, 6.45) is 0. The van der Waals surface area contributed by atoms with Crippen LogP contribution < -0.4 is 4.74 Å². The molecule has 0 atom stereocenters. The highest BCUT2D eigenvalue weighted by Gasteiger charge is 2.08. The fourth-order valence-corrected chi connectivity index (χ4v) is 2.40. The molecular weight excluding hydrogens is 342 g/mol. The van der Waals surface area contributed by atoms with Crippen molar-refractivity contribution in [2.75, 3.05) is 0 Å². The van der Waals surface area contributed by atoms with Crippen LogP contribution in [0.3, 0.4) is 0 Å². The molecule has 0 spiro atoms. The molecule has 2 aromatic carbocycles. The average molecular weight is 350 g/mol. The Bertz CT molecular complexity index is 575. The van der Waals surface area contributed by atoms with Gasteiger partial charge in [-0.1, -0.05) is 11.6 Å². The number of benzene rings is 2. The quantitative estimate of drug-likeness (QED) is 0.639. The molecule has 94 valence electrons. The first-order chi connectivity index (χ1) is 8.60. The van der Waals surface area contributed by atoms with Crippen molar-refractivity contribution in [2.24, 2.45) is 0 Å². The number of rotatable bonds is 3. The molecule has 0 saturated heterocycles. The monoisotopic (exact) mass is 348 g/mol. The van der Waals surface area contributed by atoms with E-state index in [9.17, 15) is 4.39 Å². The Labute approximate surface area is 123 Å². The number of alkyl halides is 1. The molecule has 0 aliphatic rings. The Morgan fingerprint density at radius 3 is 2.50 bits per heavy atom. The minimum Gasteiger partial charge on any atom is -0.456 e. The fourth-order valence-electron chi connectivity index (χ4n) is 1.43. The molecule has 2 aromatic rings. The second kappa shape index (κ2) is 5.91. The van der Waals surface area contributed by atoms with Crippen LogP contribution in [-0.4, -0.2) is 0 Å². The summed E-state index contributed by atoms with van der Waals surface area (Å²) in [7, 11) is 0. The predicted octanol–water partition coefficient (Wildman–Crippen LogP) is 5.77. The molecule has 2 rings (SSSR count). The molecule has 0 unspecified atom stereocenters. The van der Waals surface area contributed by atoms with Crippen LogP contribution >= 0.6 is 39.1 Å². The molecule has 0 fully saturated rings. The van der Waals surface area contributed by atoms with Gasteiger partial charge in [-0.15, -0.1) is 11.6 Å². The molecule has 18 heavy (non-hydrogen) atoms. The summed E-state index contributed by atoms with van der Waals surface area (Å²) < 4.78 is 19.5. The predicted molar refractivity (Wildman–Crippen MR) is 75.2 cm³/mol. The zero-order valence-electron chi connectivity index (χ0n) is 9.09. The smallest absolute Gasteiger partial charge is 0.141 e. The van der Waals surface area contributed by atoms with Gasteiger partial charge in [0.05, 0.1) is 10.4 Å². The van der Waals surface area contributed by atoms with E-state index in [1.807, 2.05) is 0 Å². The lowest BCUT2D eigenvalue weighted by Crippen LogP contribution is -1.91. The van der Waals surface area contributed by atoms with Crippen molar-refractivity contribution in [1.82, 2.24) is 0 Å². The van der Waals surface area contributed by atoms with Crippen molar-refractivity contribution in [2.45, 2.75) is 5.88 Å². The number of halogens is 4. The van der Waals surface area contributed by atoms with Crippen LogP contribution in [0, 0.1) is 5.82 Å². The van der Waals surface area contributed by atoms with Crippen molar-refractivity contribution >= 4 is 39.1 Å². The van der Waals surface area contributed by atoms with E-state index in [1.54, 1.807) is 24.3 Å². The molecule has 0 N–H and O–H groups in total. The molecule has 0 amide bonds. The maximum atomic E-state index is 13.1. The molecule has 0 radical (unpaired) electrons. The standard InChI is InChI=1S/C13H8BrCl2FO/c14-11-6-9(16)1-3-13(11)18-12-4-2-10(17)5-8(12)7-15/h1-6H,7H2. The van der Waals surface area contributed by atoms with E-state index in [0.29, 0.717) is 22.1 Å². The minimum atomic E-state index is -0.340. The van der Waals surface area contributed by atoms with Gasteiger partial charge in [0, 0.05) is 10.6 Å². The number of hydrogen-bond donors (Lipinski definition) is 0. The summed E-state index contributed by atoms with van der Waals surface area (Å²) in [5.74, 6) is 0.957. The van der Waals surface area contributed by atoms with E-state index < -0.39 is 0 Å². The van der Waals surface area contributed by atoms with Gasteiger partial charge < -0.3 is 4.74 Å². The van der Waals surface area contributed by atoms with Gasteiger partial charge in [-0.05, 0) is 52.3 Å². The second-order valence-corrected chi connectivity index (χ2v) is 5.12. The molecule has 0 aliphatic carbocycles. The molecule has 0 aromatic heterocycles. The summed E-state index contributed by atoms with van der Waals surface area (Å²) in [6, 6.07) is 9.40. The zero-order chi connectivity index (χ0) is 13.1. The van der Waals surface area contributed by atoms with E-state index in [0.717, 1.165) is 4.47 Å². The molecule has 0 heterocycles. The van der Waals surface area contributed by atoms with E-state index >= 15 is 0 Å². The number of hydrogen-bond acceptors (Lipinski definition) is 1. The molecule has 5 heteroatoms. The van der Waals surface area contributed by atoms with Crippen LogP contribution in [0.15, 0.2) is 40.9 Å². The van der Waals surface area contributed by atoms with Crippen molar-refractivity contribution < 1.29 is 9.13 Å². The highest BCUT2D eigenvalue weighted by Crippen LogP contribution is 2.34. The summed E-state index contributed by atoms with van der Waals surface area (Å²) >= 11 is 14.9. The van der Waals surface area contributed by atoms with E-state index in [1.165, 1.54) is 12.1 Å². The van der Waals surface area contributed by atoms with Gasteiger partial charge in [0.25, 0.3) is 0 Å². The Kier molecular flexibility index (Phi) is 4.49. The highest BCUT2D eigenvalue weighted by atomic mass is 79.9. The van der Waals surface area contributed by atoms with Gasteiger partial charge in [-0.2, -0.15) is 0 Å². The second-order valence-electron chi connectivity index (χ2n) is 3.56. The fraction of sp³-hybridized carbons (Fsp3) is 0.0769. The largest absolute Gasteiger partial charge is 0.456 e. The molecule has 0 saturated carbocycles. The third kappa shape index (κ3) is 3.16. The van der Waals surface area contributed by atoms with Gasteiger partial charge >= 0.3 is 0 Å². The van der Waals surface area contributed by atoms with Gasteiger partial charge in [-0.25, -0.2) is 4.39 Å². The van der Waals surface area contributed by atoms with Crippen molar-refractivity contribution in [1.29, 1.82) is 0 Å². The van der Waals surface area contributed by atoms with E-state index in [2.05, 4.69) is 15.9 Å². The van der Waals surface area contributed by atoms with Crippen LogP contribution in [0.1, 0.15) is 5.56 Å². The lowest BCUT2D eigenvalue weighted by atomic mass is 10.2. The van der Waals surface area contributed by atoms with Gasteiger partial charge in [0.2, 0.25) is 0 Å². The third-order valence-corrected chi connectivity index (χ3v) is 3.42. The average Bonchev–Trinajstić information content (AvgIpc) is 2.34. The topological polar surface area (TPSA) is 9.23 Å². The van der Waals surface area contributed by atoms with Crippen LogP contribution in [0.5, 0.6) is 11.5 Å². The van der Waals surface area contributed by atoms with E-state index in [4.69, 9.17) is 27.9 Å². The van der Waals surface area contributed by atoms with Crippen LogP contribution in [0.2, 0.25) is 5.02 Å². The van der Waals surface area contributed by atoms with Crippen LogP contribution in [0.25, 0.3) is 0 Å². The summed E-state index contributed by atoms with van der Waals surface area (Å²) in [6.45, 7) is 0. The van der Waals surface area contributed by atoms with Crippen molar-refractivity contribution in [3.8, 4) is 11.5 Å². The summed E-state index contributed by atoms with van der Waals surface area (Å²) in [5, 5.41) is 0.603. The van der Waals surface area contributed by atoms with E-state index in [-0.39, 0.29) is 11.7 Å². The first kappa shape index (κ1) is 13.7. The normalized spacial score (nSPS) is 10.4. The minimum absolute atomic E-state index is 0.179. The first-order valence-corrected chi connectivity index (χ1v) is 6.78. The first-order valence-electron chi connectivity index (χ1n) is 5.07. The highest BCUT2D eigenvalue weighted by molar-refractivity contribution is 9.10. The third-order valence-electron chi connectivity index (χ3n) is 2.28.